The van der Waals surface area contributed by atoms with Gasteiger partial charge in [-0.3, -0.25) is 9.36 Å². The molecule has 4 aromatic rings. The Morgan fingerprint density at radius 1 is 1.12 bits per heavy atom. The highest BCUT2D eigenvalue weighted by molar-refractivity contribution is 7.99. The lowest BCUT2D eigenvalue weighted by molar-refractivity contribution is -0.113. The fourth-order valence-electron chi connectivity index (χ4n) is 3.37. The Labute approximate surface area is 202 Å². The molecule has 1 amide bonds. The molecule has 8 heteroatoms. The molecule has 0 radical (unpaired) electrons. The van der Waals surface area contributed by atoms with Crippen LogP contribution in [0, 0.1) is 0 Å². The molecule has 0 aliphatic carbocycles. The van der Waals surface area contributed by atoms with Crippen LogP contribution in [-0.2, 0) is 11.3 Å². The van der Waals surface area contributed by atoms with Crippen LogP contribution in [0.4, 0.5) is 5.69 Å². The lowest BCUT2D eigenvalue weighted by Gasteiger charge is -2.11. The first kappa shape index (κ1) is 23.1. The van der Waals surface area contributed by atoms with Gasteiger partial charge in [-0.15, -0.1) is 10.2 Å². The first-order valence-corrected chi connectivity index (χ1v) is 12.1. The molecule has 0 fully saturated rings. The van der Waals surface area contributed by atoms with Gasteiger partial charge in [-0.2, -0.15) is 0 Å². The van der Waals surface area contributed by atoms with Gasteiger partial charge >= 0.3 is 0 Å². The summed E-state index contributed by atoms with van der Waals surface area (Å²) in [4.78, 5) is 12.6. The number of carbonyl (C=O) groups is 1. The molecule has 2 aromatic heterocycles. The van der Waals surface area contributed by atoms with Gasteiger partial charge in [0.25, 0.3) is 0 Å². The SMILES string of the molecule is CC[C@@H](C)c1ccc(NC(=O)CSc2nnc(-c3ccc(Cl)cc3)n2Cc2ccco2)cc1. The predicted octanol–water partition coefficient (Wildman–Crippen LogP) is 6.48. The zero-order valence-corrected chi connectivity index (χ0v) is 20.1. The maximum atomic E-state index is 12.6. The first-order chi connectivity index (χ1) is 16.0. The second-order valence-corrected chi connectivity index (χ2v) is 9.13. The average Bonchev–Trinajstić information content (AvgIpc) is 3.49. The summed E-state index contributed by atoms with van der Waals surface area (Å²) in [6, 6.07) is 19.2. The van der Waals surface area contributed by atoms with Crippen molar-refractivity contribution in [3.8, 4) is 11.4 Å². The van der Waals surface area contributed by atoms with Crippen LogP contribution in [-0.4, -0.2) is 26.4 Å². The number of thioether (sulfide) groups is 1. The van der Waals surface area contributed by atoms with Crippen molar-refractivity contribution in [2.45, 2.75) is 37.9 Å². The van der Waals surface area contributed by atoms with Crippen LogP contribution < -0.4 is 5.32 Å². The highest BCUT2D eigenvalue weighted by Crippen LogP contribution is 2.27. The molecule has 0 saturated heterocycles. The quantitative estimate of drug-likeness (QED) is 0.277. The molecule has 0 aliphatic heterocycles. The van der Waals surface area contributed by atoms with E-state index in [2.05, 4.69) is 41.5 Å². The number of nitrogens with zero attached hydrogens (tertiary/aromatic N) is 3. The second-order valence-electron chi connectivity index (χ2n) is 7.75. The number of anilines is 1. The maximum absolute atomic E-state index is 12.6. The number of halogens is 1. The largest absolute Gasteiger partial charge is 0.467 e. The lowest BCUT2D eigenvalue weighted by atomic mass is 9.99. The number of nitrogens with one attached hydrogen (secondary N) is 1. The Bertz CT molecular complexity index is 1190. The third kappa shape index (κ3) is 5.86. The van der Waals surface area contributed by atoms with E-state index in [0.717, 1.165) is 23.4 Å². The minimum atomic E-state index is -0.100. The third-order valence-electron chi connectivity index (χ3n) is 5.42. The van der Waals surface area contributed by atoms with Gasteiger partial charge in [0, 0.05) is 16.3 Å². The fraction of sp³-hybridized carbons (Fsp3) is 0.240. The first-order valence-electron chi connectivity index (χ1n) is 10.8. The summed E-state index contributed by atoms with van der Waals surface area (Å²) in [5.41, 5.74) is 2.94. The number of rotatable bonds is 9. The van der Waals surface area contributed by atoms with Crippen LogP contribution >= 0.6 is 23.4 Å². The number of benzene rings is 2. The van der Waals surface area contributed by atoms with Crippen LogP contribution in [0.5, 0.6) is 0 Å². The average molecular weight is 481 g/mol. The molecule has 6 nitrogen and oxygen atoms in total. The van der Waals surface area contributed by atoms with E-state index < -0.39 is 0 Å². The van der Waals surface area contributed by atoms with Gasteiger partial charge in [-0.1, -0.05) is 49.3 Å². The van der Waals surface area contributed by atoms with Crippen molar-refractivity contribution in [3.63, 3.8) is 0 Å². The zero-order chi connectivity index (χ0) is 23.2. The van der Waals surface area contributed by atoms with Crippen molar-refractivity contribution in [2.75, 3.05) is 11.1 Å². The van der Waals surface area contributed by atoms with Crippen LogP contribution in [0.2, 0.25) is 5.02 Å². The van der Waals surface area contributed by atoms with Crippen molar-refractivity contribution in [1.82, 2.24) is 14.8 Å². The molecule has 2 heterocycles. The summed E-state index contributed by atoms with van der Waals surface area (Å²) in [7, 11) is 0. The van der Waals surface area contributed by atoms with Crippen molar-refractivity contribution in [2.24, 2.45) is 0 Å². The maximum Gasteiger partial charge on any atom is 0.234 e. The molecule has 170 valence electrons. The summed E-state index contributed by atoms with van der Waals surface area (Å²) in [5.74, 6) is 2.08. The Hall–Kier alpha value is -3.03. The molecule has 4 rings (SSSR count). The monoisotopic (exact) mass is 480 g/mol. The van der Waals surface area contributed by atoms with Crippen molar-refractivity contribution < 1.29 is 9.21 Å². The normalized spacial score (nSPS) is 12.0. The molecule has 0 aliphatic rings. The Kier molecular flexibility index (Phi) is 7.52. The predicted molar refractivity (Wildman–Crippen MR) is 133 cm³/mol. The lowest BCUT2D eigenvalue weighted by Crippen LogP contribution is -2.15. The molecule has 1 N–H and O–H groups in total. The van der Waals surface area contributed by atoms with Gasteiger partial charge in [0.2, 0.25) is 5.91 Å². The fourth-order valence-corrected chi connectivity index (χ4v) is 4.23. The van der Waals surface area contributed by atoms with E-state index in [1.807, 2.05) is 53.1 Å². The Morgan fingerprint density at radius 2 is 1.88 bits per heavy atom. The van der Waals surface area contributed by atoms with Crippen LogP contribution in [0.1, 0.15) is 37.5 Å². The third-order valence-corrected chi connectivity index (χ3v) is 6.64. The van der Waals surface area contributed by atoms with Gasteiger partial charge in [0.15, 0.2) is 11.0 Å². The van der Waals surface area contributed by atoms with E-state index in [0.29, 0.717) is 28.5 Å². The molecule has 0 bridgehead atoms. The van der Waals surface area contributed by atoms with Crippen LogP contribution in [0.3, 0.4) is 0 Å². The van der Waals surface area contributed by atoms with Crippen molar-refractivity contribution in [3.05, 3.63) is 83.3 Å². The Morgan fingerprint density at radius 3 is 2.55 bits per heavy atom. The number of carbonyl (C=O) groups excluding carboxylic acids is 1. The van der Waals surface area contributed by atoms with Crippen molar-refractivity contribution >= 4 is 35.0 Å². The molecule has 1 atom stereocenters. The minimum absolute atomic E-state index is 0.100. The molecule has 0 spiro atoms. The van der Waals surface area contributed by atoms with Crippen molar-refractivity contribution in [1.29, 1.82) is 0 Å². The summed E-state index contributed by atoms with van der Waals surface area (Å²) < 4.78 is 7.47. The number of hydrogen-bond acceptors (Lipinski definition) is 5. The molecule has 33 heavy (non-hydrogen) atoms. The van der Waals surface area contributed by atoms with E-state index in [4.69, 9.17) is 16.0 Å². The minimum Gasteiger partial charge on any atom is -0.467 e. The topological polar surface area (TPSA) is 73.0 Å². The van der Waals surface area contributed by atoms with Gasteiger partial charge in [-0.05, 0) is 66.4 Å². The standard InChI is InChI=1S/C25H25ClN4O2S/c1-3-17(2)18-8-12-21(13-9-18)27-23(31)16-33-25-29-28-24(19-6-10-20(26)11-7-19)30(25)15-22-5-4-14-32-22/h4-14,17H,3,15-16H2,1-2H3,(H,27,31)/t17-/m1/s1. The molecule has 0 saturated carbocycles. The smallest absolute Gasteiger partial charge is 0.234 e. The summed E-state index contributed by atoms with van der Waals surface area (Å²) in [5, 5.41) is 12.9. The summed E-state index contributed by atoms with van der Waals surface area (Å²) in [6.45, 7) is 4.82. The van der Waals surface area contributed by atoms with Gasteiger partial charge in [0.1, 0.15) is 5.76 Å². The van der Waals surface area contributed by atoms with Crippen LogP contribution in [0.15, 0.2) is 76.5 Å². The highest BCUT2D eigenvalue weighted by Gasteiger charge is 2.17. The van der Waals surface area contributed by atoms with Crippen LogP contribution in [0.25, 0.3) is 11.4 Å². The summed E-state index contributed by atoms with van der Waals surface area (Å²) >= 11 is 7.37. The number of furan rings is 1. The van der Waals surface area contributed by atoms with E-state index in [1.165, 1.54) is 17.3 Å². The summed E-state index contributed by atoms with van der Waals surface area (Å²) in [6.07, 6.45) is 2.72. The van der Waals surface area contributed by atoms with Gasteiger partial charge < -0.3 is 9.73 Å². The second kappa shape index (κ2) is 10.7. The number of aromatic nitrogens is 3. The molecule has 2 aromatic carbocycles. The van der Waals surface area contributed by atoms with E-state index in [-0.39, 0.29) is 11.7 Å². The molecular weight excluding hydrogens is 456 g/mol. The molecule has 0 unspecified atom stereocenters. The Balaban J connectivity index is 1.47. The van der Waals surface area contributed by atoms with E-state index in [9.17, 15) is 4.79 Å². The van der Waals surface area contributed by atoms with E-state index >= 15 is 0 Å². The number of amides is 1. The highest BCUT2D eigenvalue weighted by atomic mass is 35.5. The number of hydrogen-bond donors (Lipinski definition) is 1. The van der Waals surface area contributed by atoms with Gasteiger partial charge in [0.05, 0.1) is 18.6 Å². The van der Waals surface area contributed by atoms with E-state index in [1.54, 1.807) is 6.26 Å². The zero-order valence-electron chi connectivity index (χ0n) is 18.5. The van der Waals surface area contributed by atoms with Gasteiger partial charge in [-0.25, -0.2) is 0 Å². The molecular formula is C25H25ClN4O2S.